The van der Waals surface area contributed by atoms with Crippen molar-refractivity contribution in [3.8, 4) is 0 Å². The molecule has 19 heavy (non-hydrogen) atoms. The number of halogens is 1. The van der Waals surface area contributed by atoms with Crippen LogP contribution in [0.25, 0.3) is 10.9 Å². The molecule has 1 aliphatic rings. The Kier molecular flexibility index (Phi) is 2.53. The highest BCUT2D eigenvalue weighted by atomic mass is 35.5. The minimum absolute atomic E-state index is 0.227. The first-order chi connectivity index (χ1) is 9.00. The summed E-state index contributed by atoms with van der Waals surface area (Å²) in [6.45, 7) is 0.716. The van der Waals surface area contributed by atoms with Crippen molar-refractivity contribution in [2.24, 2.45) is 0 Å². The summed E-state index contributed by atoms with van der Waals surface area (Å²) in [5, 5.41) is 12.0. The Labute approximate surface area is 113 Å². The number of aromatic nitrogens is 1. The van der Waals surface area contributed by atoms with Gasteiger partial charge in [0.2, 0.25) is 5.43 Å². The van der Waals surface area contributed by atoms with Gasteiger partial charge in [0.15, 0.2) is 0 Å². The SMILES string of the molecule is CN1CCc2c(Cl)ccc3c(=O)c(C(=O)O)cn1c23. The zero-order chi connectivity index (χ0) is 13.7. The first kappa shape index (κ1) is 12.0. The number of hydrogen-bond donors (Lipinski definition) is 1. The summed E-state index contributed by atoms with van der Waals surface area (Å²) in [7, 11) is 1.85. The molecule has 2 heterocycles. The van der Waals surface area contributed by atoms with Crippen LogP contribution < -0.4 is 10.4 Å². The maximum Gasteiger partial charge on any atom is 0.341 e. The quantitative estimate of drug-likeness (QED) is 0.858. The third-order valence-corrected chi connectivity index (χ3v) is 3.83. The molecule has 0 atom stereocenters. The Balaban J connectivity index is 2.54. The van der Waals surface area contributed by atoms with E-state index in [-0.39, 0.29) is 5.56 Å². The molecule has 1 aromatic carbocycles. The minimum Gasteiger partial charge on any atom is -0.477 e. The summed E-state index contributed by atoms with van der Waals surface area (Å²) in [6.07, 6.45) is 2.10. The third kappa shape index (κ3) is 1.62. The van der Waals surface area contributed by atoms with Crippen LogP contribution in [0.4, 0.5) is 0 Å². The number of carboxylic acid groups (broad SMARTS) is 1. The number of aromatic carboxylic acids is 1. The normalized spacial score (nSPS) is 13.9. The molecule has 0 unspecified atom stereocenters. The summed E-state index contributed by atoms with van der Waals surface area (Å²) in [6, 6.07) is 3.24. The highest BCUT2D eigenvalue weighted by molar-refractivity contribution is 6.32. The monoisotopic (exact) mass is 278 g/mol. The van der Waals surface area contributed by atoms with Gasteiger partial charge in [-0.05, 0) is 24.1 Å². The van der Waals surface area contributed by atoms with Crippen molar-refractivity contribution < 1.29 is 9.90 Å². The number of benzene rings is 1. The Hall–Kier alpha value is -2.01. The van der Waals surface area contributed by atoms with Crippen LogP contribution in [-0.2, 0) is 6.42 Å². The zero-order valence-electron chi connectivity index (χ0n) is 10.2. The average Bonchev–Trinajstić information content (AvgIpc) is 2.37. The lowest BCUT2D eigenvalue weighted by Crippen LogP contribution is -2.38. The first-order valence-corrected chi connectivity index (χ1v) is 6.20. The molecule has 0 bridgehead atoms. The van der Waals surface area contributed by atoms with Gasteiger partial charge in [-0.2, -0.15) is 0 Å². The van der Waals surface area contributed by atoms with Crippen LogP contribution in [0.15, 0.2) is 23.1 Å². The molecule has 5 nitrogen and oxygen atoms in total. The topological polar surface area (TPSA) is 62.5 Å². The van der Waals surface area contributed by atoms with E-state index in [2.05, 4.69) is 0 Å². The van der Waals surface area contributed by atoms with Crippen molar-refractivity contribution in [1.82, 2.24) is 4.68 Å². The number of hydrogen-bond acceptors (Lipinski definition) is 3. The molecule has 0 saturated heterocycles. The number of pyridine rings is 1. The maximum absolute atomic E-state index is 12.2. The van der Waals surface area contributed by atoms with Gasteiger partial charge in [0.25, 0.3) is 0 Å². The van der Waals surface area contributed by atoms with Gasteiger partial charge in [0.1, 0.15) is 5.56 Å². The van der Waals surface area contributed by atoms with Gasteiger partial charge in [-0.1, -0.05) is 11.6 Å². The predicted octanol–water partition coefficient (Wildman–Crippen LogP) is 1.48. The van der Waals surface area contributed by atoms with Gasteiger partial charge >= 0.3 is 5.97 Å². The van der Waals surface area contributed by atoms with Crippen LogP contribution in [0.2, 0.25) is 5.02 Å². The lowest BCUT2D eigenvalue weighted by atomic mass is 10.0. The van der Waals surface area contributed by atoms with Crippen LogP contribution in [-0.4, -0.2) is 29.3 Å². The van der Waals surface area contributed by atoms with Crippen LogP contribution in [0.1, 0.15) is 15.9 Å². The van der Waals surface area contributed by atoms with Gasteiger partial charge in [0.05, 0.1) is 5.52 Å². The summed E-state index contributed by atoms with van der Waals surface area (Å²) in [5.41, 5.74) is 0.907. The number of carbonyl (C=O) groups is 1. The lowest BCUT2D eigenvalue weighted by molar-refractivity contribution is 0.0695. The standard InChI is InChI=1S/C13H11ClN2O3/c1-15-5-4-7-10(14)3-2-8-11(7)16(15)6-9(12(8)17)13(18)19/h2-3,6H,4-5H2,1H3,(H,18,19). The number of likely N-dealkylation sites (N-methyl/N-ethyl adjacent to an activating group) is 1. The summed E-state index contributed by atoms with van der Waals surface area (Å²) >= 11 is 6.16. The molecule has 0 spiro atoms. The molecule has 0 saturated carbocycles. The third-order valence-electron chi connectivity index (χ3n) is 3.48. The van der Waals surface area contributed by atoms with Crippen LogP contribution in [0.3, 0.4) is 0 Å². The van der Waals surface area contributed by atoms with E-state index in [0.29, 0.717) is 22.5 Å². The molecular formula is C13H11ClN2O3. The lowest BCUT2D eigenvalue weighted by Gasteiger charge is -2.30. The molecule has 3 rings (SSSR count). The molecule has 2 aromatic rings. The number of rotatable bonds is 1. The Bertz CT molecular complexity index is 767. The number of carboxylic acids is 1. The van der Waals surface area contributed by atoms with Crippen molar-refractivity contribution in [1.29, 1.82) is 0 Å². The van der Waals surface area contributed by atoms with E-state index in [0.717, 1.165) is 12.0 Å². The van der Waals surface area contributed by atoms with Gasteiger partial charge in [-0.15, -0.1) is 0 Å². The minimum atomic E-state index is -1.22. The van der Waals surface area contributed by atoms with Crippen LogP contribution in [0.5, 0.6) is 0 Å². The highest BCUT2D eigenvalue weighted by Crippen LogP contribution is 2.28. The summed E-state index contributed by atoms with van der Waals surface area (Å²) < 4.78 is 1.70. The van der Waals surface area contributed by atoms with Crippen molar-refractivity contribution in [3.63, 3.8) is 0 Å². The van der Waals surface area contributed by atoms with Crippen molar-refractivity contribution in [3.05, 3.63) is 44.7 Å². The van der Waals surface area contributed by atoms with Crippen LogP contribution >= 0.6 is 11.6 Å². The second-order valence-corrected chi connectivity index (χ2v) is 4.98. The van der Waals surface area contributed by atoms with E-state index < -0.39 is 11.4 Å². The molecule has 0 aliphatic carbocycles. The van der Waals surface area contributed by atoms with Gasteiger partial charge in [-0.3, -0.25) is 9.47 Å². The van der Waals surface area contributed by atoms with Gasteiger partial charge in [-0.25, -0.2) is 4.79 Å². The largest absolute Gasteiger partial charge is 0.477 e. The number of nitrogens with zero attached hydrogens (tertiary/aromatic N) is 2. The van der Waals surface area contributed by atoms with E-state index in [9.17, 15) is 9.59 Å². The fourth-order valence-electron chi connectivity index (χ4n) is 2.49. The summed E-state index contributed by atoms with van der Waals surface area (Å²) in [4.78, 5) is 23.3. The molecule has 98 valence electrons. The van der Waals surface area contributed by atoms with Crippen molar-refractivity contribution >= 4 is 28.5 Å². The predicted molar refractivity (Wildman–Crippen MR) is 72.9 cm³/mol. The molecule has 1 N–H and O–H groups in total. The van der Waals surface area contributed by atoms with Crippen LogP contribution in [0, 0.1) is 0 Å². The Morgan fingerprint density at radius 1 is 1.42 bits per heavy atom. The second kappa shape index (κ2) is 3.99. The molecule has 0 radical (unpaired) electrons. The van der Waals surface area contributed by atoms with E-state index in [1.807, 2.05) is 12.1 Å². The van der Waals surface area contributed by atoms with Gasteiger partial charge in [0, 0.05) is 30.2 Å². The smallest absolute Gasteiger partial charge is 0.341 e. The molecule has 0 amide bonds. The zero-order valence-corrected chi connectivity index (χ0v) is 10.9. The molecule has 6 heteroatoms. The van der Waals surface area contributed by atoms with Crippen molar-refractivity contribution in [2.45, 2.75) is 6.42 Å². The molecule has 1 aromatic heterocycles. The van der Waals surface area contributed by atoms with Gasteiger partial charge < -0.3 is 10.1 Å². The maximum atomic E-state index is 12.2. The Morgan fingerprint density at radius 2 is 2.16 bits per heavy atom. The van der Waals surface area contributed by atoms with E-state index in [1.54, 1.807) is 16.8 Å². The fraction of sp³-hybridized carbons (Fsp3) is 0.231. The highest BCUT2D eigenvalue weighted by Gasteiger charge is 2.22. The molecular weight excluding hydrogens is 268 g/mol. The van der Waals surface area contributed by atoms with Crippen molar-refractivity contribution in [2.75, 3.05) is 18.6 Å². The second-order valence-electron chi connectivity index (χ2n) is 4.57. The average molecular weight is 279 g/mol. The first-order valence-electron chi connectivity index (χ1n) is 5.82. The van der Waals surface area contributed by atoms with E-state index in [1.165, 1.54) is 6.20 Å². The molecule has 1 aliphatic heterocycles. The van der Waals surface area contributed by atoms with E-state index in [4.69, 9.17) is 16.7 Å². The summed E-state index contributed by atoms with van der Waals surface area (Å²) in [5.74, 6) is -1.22. The fourth-order valence-corrected chi connectivity index (χ4v) is 2.73. The Morgan fingerprint density at radius 3 is 2.84 bits per heavy atom. The molecule has 0 fully saturated rings. The van der Waals surface area contributed by atoms with E-state index >= 15 is 0 Å².